The van der Waals surface area contributed by atoms with Crippen LogP contribution in [0.4, 0.5) is 0 Å². The van der Waals surface area contributed by atoms with Crippen LogP contribution in [0.3, 0.4) is 0 Å². The summed E-state index contributed by atoms with van der Waals surface area (Å²) >= 11 is 0. The lowest BCUT2D eigenvalue weighted by Gasteiger charge is -2.20. The van der Waals surface area contributed by atoms with Crippen LogP contribution in [0.2, 0.25) is 0 Å². The second kappa shape index (κ2) is 7.39. The maximum atomic E-state index is 12.6. The van der Waals surface area contributed by atoms with Crippen molar-refractivity contribution in [2.75, 3.05) is 0 Å². The highest BCUT2D eigenvalue weighted by molar-refractivity contribution is 5.99. The first-order valence-corrected chi connectivity index (χ1v) is 8.48. The Morgan fingerprint density at radius 2 is 1.71 bits per heavy atom. The van der Waals surface area contributed by atoms with E-state index in [0.717, 1.165) is 12.8 Å². The lowest BCUT2D eigenvalue weighted by molar-refractivity contribution is 0.0696. The predicted molar refractivity (Wildman–Crippen MR) is 92.2 cm³/mol. The summed E-state index contributed by atoms with van der Waals surface area (Å²) in [6.45, 7) is 0. The summed E-state index contributed by atoms with van der Waals surface area (Å²) < 4.78 is 0. The molecule has 0 radical (unpaired) electrons. The SMILES string of the molecule is O=C(CC1CCCCC1)c1ccc(C(=O)O)c(-c2ccccc2)n1. The van der Waals surface area contributed by atoms with Crippen LogP contribution < -0.4 is 0 Å². The molecule has 0 aliphatic heterocycles. The van der Waals surface area contributed by atoms with Gasteiger partial charge in [0.25, 0.3) is 0 Å². The topological polar surface area (TPSA) is 67.3 Å². The molecular weight excluding hydrogens is 302 g/mol. The van der Waals surface area contributed by atoms with Crippen molar-refractivity contribution in [3.8, 4) is 11.3 Å². The third kappa shape index (κ3) is 3.70. The number of carboxylic acids is 1. The lowest BCUT2D eigenvalue weighted by Crippen LogP contribution is -2.14. The van der Waals surface area contributed by atoms with E-state index >= 15 is 0 Å². The standard InChI is InChI=1S/C20H21NO3/c22-18(13-14-7-3-1-4-8-14)17-12-11-16(20(23)24)19(21-17)15-9-5-2-6-10-15/h2,5-6,9-12,14H,1,3-4,7-8,13H2,(H,23,24). The Morgan fingerprint density at radius 3 is 2.38 bits per heavy atom. The van der Waals surface area contributed by atoms with E-state index < -0.39 is 5.97 Å². The van der Waals surface area contributed by atoms with Crippen molar-refractivity contribution in [3.63, 3.8) is 0 Å². The predicted octanol–water partition coefficient (Wildman–Crippen LogP) is 4.60. The number of aromatic carboxylic acids is 1. The average molecular weight is 323 g/mol. The first-order valence-electron chi connectivity index (χ1n) is 8.48. The van der Waals surface area contributed by atoms with Gasteiger partial charge in [0.05, 0.1) is 11.3 Å². The van der Waals surface area contributed by atoms with Crippen LogP contribution in [0.1, 0.15) is 59.4 Å². The number of aromatic nitrogens is 1. The Morgan fingerprint density at radius 1 is 1.00 bits per heavy atom. The molecule has 1 N–H and O–H groups in total. The number of carbonyl (C=O) groups excluding carboxylic acids is 1. The molecule has 3 rings (SSSR count). The fourth-order valence-electron chi connectivity index (χ4n) is 3.36. The van der Waals surface area contributed by atoms with Crippen LogP contribution in [0.5, 0.6) is 0 Å². The van der Waals surface area contributed by atoms with Gasteiger partial charge in [-0.3, -0.25) is 4.79 Å². The van der Waals surface area contributed by atoms with Crippen molar-refractivity contribution in [1.29, 1.82) is 0 Å². The van der Waals surface area contributed by atoms with Crippen molar-refractivity contribution < 1.29 is 14.7 Å². The number of hydrogen-bond acceptors (Lipinski definition) is 3. The number of hydrogen-bond donors (Lipinski definition) is 1. The van der Waals surface area contributed by atoms with E-state index in [0.29, 0.717) is 29.3 Å². The molecular formula is C20H21NO3. The maximum Gasteiger partial charge on any atom is 0.337 e. The molecule has 1 aromatic heterocycles. The Balaban J connectivity index is 1.89. The Labute approximate surface area is 141 Å². The van der Waals surface area contributed by atoms with E-state index in [9.17, 15) is 14.7 Å². The van der Waals surface area contributed by atoms with Gasteiger partial charge in [-0.15, -0.1) is 0 Å². The van der Waals surface area contributed by atoms with Crippen molar-refractivity contribution in [2.24, 2.45) is 5.92 Å². The third-order valence-corrected chi connectivity index (χ3v) is 4.66. The summed E-state index contributed by atoms with van der Waals surface area (Å²) in [5, 5.41) is 9.39. The van der Waals surface area contributed by atoms with Crippen LogP contribution in [0.15, 0.2) is 42.5 Å². The van der Waals surface area contributed by atoms with Gasteiger partial charge in [0.15, 0.2) is 5.78 Å². The highest BCUT2D eigenvalue weighted by Crippen LogP contribution is 2.28. The van der Waals surface area contributed by atoms with Crippen LogP contribution in [-0.4, -0.2) is 21.8 Å². The van der Waals surface area contributed by atoms with Crippen LogP contribution in [0, 0.1) is 5.92 Å². The monoisotopic (exact) mass is 323 g/mol. The van der Waals surface area contributed by atoms with Crippen molar-refractivity contribution >= 4 is 11.8 Å². The first-order chi connectivity index (χ1) is 11.6. The highest BCUT2D eigenvalue weighted by Gasteiger charge is 2.21. The van der Waals surface area contributed by atoms with E-state index in [-0.39, 0.29) is 11.3 Å². The molecule has 24 heavy (non-hydrogen) atoms. The van der Waals surface area contributed by atoms with Gasteiger partial charge in [-0.05, 0) is 18.1 Å². The second-order valence-corrected chi connectivity index (χ2v) is 6.40. The smallest absolute Gasteiger partial charge is 0.337 e. The van der Waals surface area contributed by atoms with Crippen LogP contribution in [-0.2, 0) is 0 Å². The summed E-state index contributed by atoms with van der Waals surface area (Å²) in [6.07, 6.45) is 6.36. The van der Waals surface area contributed by atoms with E-state index in [1.54, 1.807) is 6.07 Å². The molecule has 1 aliphatic carbocycles. The minimum Gasteiger partial charge on any atom is -0.478 e. The molecule has 1 heterocycles. The highest BCUT2D eigenvalue weighted by atomic mass is 16.4. The summed E-state index contributed by atoms with van der Waals surface area (Å²) in [5.74, 6) is -0.587. The first kappa shape index (κ1) is 16.4. The molecule has 1 fully saturated rings. The number of nitrogens with zero attached hydrogens (tertiary/aromatic N) is 1. The largest absolute Gasteiger partial charge is 0.478 e. The molecule has 2 aromatic rings. The molecule has 1 aliphatic rings. The minimum absolute atomic E-state index is 0.0102. The second-order valence-electron chi connectivity index (χ2n) is 6.40. The maximum absolute atomic E-state index is 12.6. The number of carbonyl (C=O) groups is 2. The van der Waals surface area contributed by atoms with Gasteiger partial charge in [0.2, 0.25) is 0 Å². The quantitative estimate of drug-likeness (QED) is 0.817. The van der Waals surface area contributed by atoms with Crippen LogP contribution >= 0.6 is 0 Å². The Kier molecular flexibility index (Phi) is 5.04. The van der Waals surface area contributed by atoms with E-state index in [2.05, 4.69) is 4.98 Å². The zero-order valence-corrected chi connectivity index (χ0v) is 13.6. The van der Waals surface area contributed by atoms with Gasteiger partial charge in [-0.25, -0.2) is 9.78 Å². The van der Waals surface area contributed by atoms with Gasteiger partial charge in [-0.2, -0.15) is 0 Å². The summed E-state index contributed by atoms with van der Waals surface area (Å²) in [5.41, 5.74) is 1.56. The number of rotatable bonds is 5. The lowest BCUT2D eigenvalue weighted by atomic mass is 9.85. The van der Waals surface area contributed by atoms with E-state index in [4.69, 9.17) is 0 Å². The molecule has 0 spiro atoms. The number of benzene rings is 1. The summed E-state index contributed by atoms with van der Waals surface area (Å²) in [4.78, 5) is 28.4. The Bertz CT molecular complexity index is 734. The van der Waals surface area contributed by atoms with Gasteiger partial charge < -0.3 is 5.11 Å². The number of ketones is 1. The van der Waals surface area contributed by atoms with Crippen molar-refractivity contribution in [2.45, 2.75) is 38.5 Å². The van der Waals surface area contributed by atoms with Gasteiger partial charge in [0, 0.05) is 12.0 Å². The molecule has 0 saturated heterocycles. The van der Waals surface area contributed by atoms with Crippen molar-refractivity contribution in [1.82, 2.24) is 4.98 Å². The zero-order valence-electron chi connectivity index (χ0n) is 13.6. The molecule has 0 atom stereocenters. The van der Waals surface area contributed by atoms with Crippen LogP contribution in [0.25, 0.3) is 11.3 Å². The van der Waals surface area contributed by atoms with E-state index in [1.807, 2.05) is 30.3 Å². The molecule has 0 amide bonds. The zero-order chi connectivity index (χ0) is 16.9. The van der Waals surface area contributed by atoms with Crippen molar-refractivity contribution in [3.05, 3.63) is 53.7 Å². The average Bonchev–Trinajstić information content (AvgIpc) is 2.62. The van der Waals surface area contributed by atoms with Gasteiger partial charge in [0.1, 0.15) is 5.69 Å². The molecule has 0 bridgehead atoms. The minimum atomic E-state index is -1.03. The summed E-state index contributed by atoms with van der Waals surface area (Å²) in [7, 11) is 0. The van der Waals surface area contributed by atoms with Gasteiger partial charge >= 0.3 is 5.97 Å². The van der Waals surface area contributed by atoms with E-state index in [1.165, 1.54) is 25.3 Å². The molecule has 124 valence electrons. The fraction of sp³-hybridized carbons (Fsp3) is 0.350. The molecule has 0 unspecified atom stereocenters. The molecule has 1 saturated carbocycles. The molecule has 4 nitrogen and oxygen atoms in total. The third-order valence-electron chi connectivity index (χ3n) is 4.66. The Hall–Kier alpha value is -2.49. The molecule has 4 heteroatoms. The number of carboxylic acid groups (broad SMARTS) is 1. The molecule has 1 aromatic carbocycles. The summed E-state index contributed by atoms with van der Waals surface area (Å²) in [6, 6.07) is 12.2. The fourth-order valence-corrected chi connectivity index (χ4v) is 3.36. The normalized spacial score (nSPS) is 15.2. The number of pyridine rings is 1. The number of Topliss-reactive ketones (excluding diaryl/α,β-unsaturated/α-hetero) is 1. The van der Waals surface area contributed by atoms with Gasteiger partial charge in [-0.1, -0.05) is 62.4 Å².